The van der Waals surface area contributed by atoms with E-state index < -0.39 is 0 Å². The van der Waals surface area contributed by atoms with Crippen molar-refractivity contribution in [3.8, 4) is 0 Å². The van der Waals surface area contributed by atoms with Crippen LogP contribution in [0.4, 0.5) is 10.5 Å². The van der Waals surface area contributed by atoms with Gasteiger partial charge in [0.05, 0.1) is 6.54 Å². The van der Waals surface area contributed by atoms with Crippen LogP contribution in [-0.4, -0.2) is 38.9 Å². The summed E-state index contributed by atoms with van der Waals surface area (Å²) in [5.74, 6) is -0.0915. The highest BCUT2D eigenvalue weighted by molar-refractivity contribution is 5.92. The van der Waals surface area contributed by atoms with Crippen LogP contribution in [-0.2, 0) is 31.4 Å². The monoisotopic (exact) mass is 446 g/mol. The van der Waals surface area contributed by atoms with Crippen LogP contribution in [0.2, 0.25) is 0 Å². The summed E-state index contributed by atoms with van der Waals surface area (Å²) in [6.07, 6.45) is 2.86. The molecule has 0 saturated heterocycles. The summed E-state index contributed by atoms with van der Waals surface area (Å²) < 4.78 is 2.01. The Labute approximate surface area is 196 Å². The second-order valence-corrected chi connectivity index (χ2v) is 8.55. The van der Waals surface area contributed by atoms with Gasteiger partial charge in [-0.15, -0.1) is 0 Å². The van der Waals surface area contributed by atoms with Crippen molar-refractivity contribution in [1.82, 2.24) is 14.4 Å². The van der Waals surface area contributed by atoms with E-state index in [1.54, 1.807) is 4.90 Å². The maximum atomic E-state index is 13.5. The number of amides is 3. The minimum Gasteiger partial charge on any atom is -0.353 e. The molecule has 6 heteroatoms. The molecular weight excluding hydrogens is 412 g/mol. The molecule has 6 nitrogen and oxygen atoms in total. The molecular formula is C27H34N4O2. The fourth-order valence-electron chi connectivity index (χ4n) is 3.69. The quantitative estimate of drug-likeness (QED) is 0.500. The third-order valence-electron chi connectivity index (χ3n) is 5.75. The van der Waals surface area contributed by atoms with E-state index in [4.69, 9.17) is 0 Å². The summed E-state index contributed by atoms with van der Waals surface area (Å²) >= 11 is 0. The van der Waals surface area contributed by atoms with Crippen LogP contribution in [0.25, 0.3) is 0 Å². The molecule has 1 heterocycles. The maximum absolute atomic E-state index is 13.5. The van der Waals surface area contributed by atoms with E-state index in [2.05, 4.69) is 12.2 Å². The third kappa shape index (κ3) is 6.72. The van der Waals surface area contributed by atoms with Crippen LogP contribution >= 0.6 is 0 Å². The lowest BCUT2D eigenvalue weighted by molar-refractivity contribution is -0.133. The number of carbonyl (C=O) groups is 2. The molecule has 0 fully saturated rings. The molecule has 0 atom stereocenters. The highest BCUT2D eigenvalue weighted by atomic mass is 16.2. The number of hydrogen-bond donors (Lipinski definition) is 1. The van der Waals surface area contributed by atoms with Crippen molar-refractivity contribution in [2.75, 3.05) is 11.9 Å². The minimum absolute atomic E-state index is 0.00816. The lowest BCUT2D eigenvalue weighted by atomic mass is 10.1. The first-order valence-corrected chi connectivity index (χ1v) is 11.5. The smallest absolute Gasteiger partial charge is 0.322 e. The van der Waals surface area contributed by atoms with Crippen LogP contribution in [0.15, 0.2) is 72.9 Å². The second kappa shape index (κ2) is 11.4. The molecule has 1 N–H and O–H groups in total. The van der Waals surface area contributed by atoms with Crippen molar-refractivity contribution >= 4 is 17.6 Å². The molecule has 1 aromatic heterocycles. The van der Waals surface area contributed by atoms with Crippen molar-refractivity contribution in [2.45, 2.75) is 46.3 Å². The first kappa shape index (κ1) is 24.1. The van der Waals surface area contributed by atoms with Gasteiger partial charge in [-0.2, -0.15) is 0 Å². The van der Waals surface area contributed by atoms with Crippen molar-refractivity contribution in [1.29, 1.82) is 0 Å². The van der Waals surface area contributed by atoms with Crippen LogP contribution < -0.4 is 5.32 Å². The van der Waals surface area contributed by atoms with E-state index in [9.17, 15) is 9.59 Å². The van der Waals surface area contributed by atoms with Crippen molar-refractivity contribution in [3.05, 3.63) is 89.7 Å². The van der Waals surface area contributed by atoms with Crippen LogP contribution in [0.3, 0.4) is 0 Å². The molecule has 3 amide bonds. The van der Waals surface area contributed by atoms with Gasteiger partial charge in [-0.1, -0.05) is 49.4 Å². The lowest BCUT2D eigenvalue weighted by Gasteiger charge is -2.30. The number of aromatic nitrogens is 1. The number of rotatable bonds is 9. The summed E-state index contributed by atoms with van der Waals surface area (Å²) in [6.45, 7) is 6.89. The fraction of sp³-hybridized carbons (Fsp3) is 0.333. The standard InChI is InChI=1S/C27H34N4O2/c1-5-22-13-9-14-24(17-22)28-27(33)31(21(2)3)20-26(32)30(18-23-11-7-6-8-12-23)19-25-15-10-16-29(25)4/h6-17,21H,5,18-20H2,1-4H3,(H,28,33). The average molecular weight is 447 g/mol. The van der Waals surface area contributed by atoms with Crippen molar-refractivity contribution in [3.63, 3.8) is 0 Å². The van der Waals surface area contributed by atoms with Gasteiger partial charge in [0.15, 0.2) is 0 Å². The van der Waals surface area contributed by atoms with E-state index in [1.807, 2.05) is 103 Å². The predicted octanol–water partition coefficient (Wildman–Crippen LogP) is 5.06. The van der Waals surface area contributed by atoms with Gasteiger partial charge in [-0.25, -0.2) is 4.79 Å². The van der Waals surface area contributed by atoms with Crippen LogP contribution in [0.1, 0.15) is 37.6 Å². The van der Waals surface area contributed by atoms with E-state index in [1.165, 1.54) is 0 Å². The Kier molecular flexibility index (Phi) is 8.30. The molecule has 0 bridgehead atoms. The molecule has 3 aromatic rings. The Morgan fingerprint density at radius 1 is 0.939 bits per heavy atom. The van der Waals surface area contributed by atoms with Crippen molar-refractivity contribution in [2.24, 2.45) is 7.05 Å². The molecule has 174 valence electrons. The van der Waals surface area contributed by atoms with Gasteiger partial charge >= 0.3 is 6.03 Å². The predicted molar refractivity (Wildman–Crippen MR) is 133 cm³/mol. The third-order valence-corrected chi connectivity index (χ3v) is 5.75. The minimum atomic E-state index is -0.273. The molecule has 0 aliphatic carbocycles. The number of carbonyl (C=O) groups excluding carboxylic acids is 2. The summed E-state index contributed by atoms with van der Waals surface area (Å²) in [5.41, 5.74) is 3.98. The molecule has 0 spiro atoms. The van der Waals surface area contributed by atoms with Crippen molar-refractivity contribution < 1.29 is 9.59 Å². The van der Waals surface area contributed by atoms with Gasteiger partial charge in [0.25, 0.3) is 0 Å². The number of hydrogen-bond acceptors (Lipinski definition) is 2. The first-order valence-electron chi connectivity index (χ1n) is 11.5. The maximum Gasteiger partial charge on any atom is 0.322 e. The topological polar surface area (TPSA) is 57.6 Å². The summed E-state index contributed by atoms with van der Waals surface area (Å²) in [7, 11) is 1.97. The number of aryl methyl sites for hydroxylation is 2. The molecule has 0 aliphatic heterocycles. The molecule has 0 unspecified atom stereocenters. The van der Waals surface area contributed by atoms with Gasteiger partial charge in [-0.3, -0.25) is 4.79 Å². The normalized spacial score (nSPS) is 10.8. The largest absolute Gasteiger partial charge is 0.353 e. The highest BCUT2D eigenvalue weighted by Crippen LogP contribution is 2.15. The summed E-state index contributed by atoms with van der Waals surface area (Å²) in [6, 6.07) is 21.3. The van der Waals surface area contributed by atoms with Gasteiger partial charge in [0.2, 0.25) is 5.91 Å². The molecule has 0 radical (unpaired) electrons. The zero-order valence-corrected chi connectivity index (χ0v) is 20.0. The summed E-state index contributed by atoms with van der Waals surface area (Å²) in [4.78, 5) is 29.9. The zero-order valence-electron chi connectivity index (χ0n) is 20.0. The molecule has 2 aromatic carbocycles. The fourth-order valence-corrected chi connectivity index (χ4v) is 3.69. The Bertz CT molecular complexity index is 1060. The van der Waals surface area contributed by atoms with E-state index in [0.29, 0.717) is 13.1 Å². The highest BCUT2D eigenvalue weighted by Gasteiger charge is 2.24. The number of nitrogens with one attached hydrogen (secondary N) is 1. The van der Waals surface area contributed by atoms with Gasteiger partial charge in [-0.05, 0) is 55.7 Å². The van der Waals surface area contributed by atoms with Gasteiger partial charge < -0.3 is 19.7 Å². The van der Waals surface area contributed by atoms with E-state index in [0.717, 1.165) is 28.9 Å². The Morgan fingerprint density at radius 3 is 2.30 bits per heavy atom. The van der Waals surface area contributed by atoms with Crippen LogP contribution in [0.5, 0.6) is 0 Å². The van der Waals surface area contributed by atoms with Crippen LogP contribution in [0, 0.1) is 0 Å². The molecule has 0 saturated carbocycles. The number of nitrogens with zero attached hydrogens (tertiary/aromatic N) is 3. The Morgan fingerprint density at radius 2 is 1.67 bits per heavy atom. The molecule has 3 rings (SSSR count). The van der Waals surface area contributed by atoms with E-state index in [-0.39, 0.29) is 24.5 Å². The number of benzene rings is 2. The average Bonchev–Trinajstić information content (AvgIpc) is 3.21. The second-order valence-electron chi connectivity index (χ2n) is 8.55. The SMILES string of the molecule is CCc1cccc(NC(=O)N(CC(=O)N(Cc2ccccc2)Cc2cccn2C)C(C)C)c1. The first-order chi connectivity index (χ1) is 15.9. The molecule has 0 aliphatic rings. The van der Waals surface area contributed by atoms with Gasteiger partial charge in [0, 0.05) is 37.2 Å². The Hall–Kier alpha value is -3.54. The summed E-state index contributed by atoms with van der Waals surface area (Å²) in [5, 5.41) is 2.96. The van der Waals surface area contributed by atoms with E-state index >= 15 is 0 Å². The Balaban J connectivity index is 1.76. The lowest BCUT2D eigenvalue weighted by Crippen LogP contribution is -2.47. The number of urea groups is 1. The molecule has 33 heavy (non-hydrogen) atoms. The van der Waals surface area contributed by atoms with Gasteiger partial charge in [0.1, 0.15) is 6.54 Å². The number of anilines is 1. The zero-order chi connectivity index (χ0) is 23.8.